The second kappa shape index (κ2) is 52.1. The molecule has 14 heteroatoms. The molecule has 1 amide bonds. The number of hydrogen-bond donors (Lipinski definition) is 9. The third kappa shape index (κ3) is 37.0. The van der Waals surface area contributed by atoms with Crippen LogP contribution in [0.25, 0.3) is 0 Å². The third-order valence-electron chi connectivity index (χ3n) is 15.9. The standard InChI is InChI=1S/C67H121NO13/c1-3-5-7-9-11-13-15-17-19-21-23-25-27-28-29-31-33-35-37-39-41-43-45-47-49-51-59(72)68-55(54-78-66-64(77)62(75)65(58(53-70)80-66)81-67-63(76)61(74)60(73)57(52-69)79-67)56(71)50-48-46-44-42-40-38-36-34-32-30-26-24-22-20-18-16-14-12-10-8-6-4-2/h15,17,21,23,32,34,40,42,48,50,55-58,60-67,69-71,73-77H,3-14,16,18-20,22,24-31,33,35-39,41,43-47,49,51-54H2,1-2H3,(H,68,72)/b17-15-,23-21-,34-32+,42-40+,50-48+. The molecule has 0 aromatic rings. The number of nitrogens with one attached hydrogen (secondary N) is 1. The summed E-state index contributed by atoms with van der Waals surface area (Å²) < 4.78 is 22.8. The van der Waals surface area contributed by atoms with Gasteiger partial charge in [-0.05, 0) is 77.0 Å². The van der Waals surface area contributed by atoms with E-state index in [9.17, 15) is 45.6 Å². The van der Waals surface area contributed by atoms with Crippen LogP contribution in [0.3, 0.4) is 0 Å². The van der Waals surface area contributed by atoms with Gasteiger partial charge in [-0.15, -0.1) is 0 Å². The summed E-state index contributed by atoms with van der Waals surface area (Å²) in [6.07, 6.45) is 51.2. The molecule has 81 heavy (non-hydrogen) atoms. The molecule has 472 valence electrons. The van der Waals surface area contributed by atoms with Crippen LogP contribution in [-0.4, -0.2) is 140 Å². The van der Waals surface area contributed by atoms with E-state index in [1.165, 1.54) is 180 Å². The van der Waals surface area contributed by atoms with Crippen LogP contribution in [0.15, 0.2) is 60.8 Å². The summed E-state index contributed by atoms with van der Waals surface area (Å²) in [5.74, 6) is -0.253. The molecule has 0 aromatic heterocycles. The van der Waals surface area contributed by atoms with Crippen LogP contribution < -0.4 is 5.32 Å². The average molecular weight is 1150 g/mol. The molecule has 14 nitrogen and oxygen atoms in total. The zero-order valence-electron chi connectivity index (χ0n) is 51.0. The molecule has 2 rings (SSSR count). The predicted octanol–water partition coefficient (Wildman–Crippen LogP) is 12.5. The van der Waals surface area contributed by atoms with E-state index in [1.54, 1.807) is 6.08 Å². The van der Waals surface area contributed by atoms with E-state index < -0.39 is 86.8 Å². The molecular formula is C67H121NO13. The predicted molar refractivity (Wildman–Crippen MR) is 327 cm³/mol. The number of rotatable bonds is 53. The molecule has 2 aliphatic heterocycles. The number of aliphatic hydroxyl groups is 8. The van der Waals surface area contributed by atoms with Gasteiger partial charge in [0.15, 0.2) is 12.6 Å². The highest BCUT2D eigenvalue weighted by Gasteiger charge is 2.51. The molecule has 2 saturated heterocycles. The van der Waals surface area contributed by atoms with Crippen molar-refractivity contribution in [2.75, 3.05) is 19.8 Å². The number of amides is 1. The van der Waals surface area contributed by atoms with Crippen molar-refractivity contribution in [1.29, 1.82) is 0 Å². The number of unbranched alkanes of at least 4 members (excludes halogenated alkanes) is 32. The number of ether oxygens (including phenoxy) is 4. The van der Waals surface area contributed by atoms with Crippen molar-refractivity contribution in [3.05, 3.63) is 60.8 Å². The van der Waals surface area contributed by atoms with Gasteiger partial charge in [-0.3, -0.25) is 4.79 Å². The molecule has 2 fully saturated rings. The van der Waals surface area contributed by atoms with Gasteiger partial charge < -0.3 is 65.1 Å². The van der Waals surface area contributed by atoms with Crippen LogP contribution in [0.2, 0.25) is 0 Å². The van der Waals surface area contributed by atoms with Crippen molar-refractivity contribution in [2.24, 2.45) is 0 Å². The minimum absolute atomic E-state index is 0.253. The lowest BCUT2D eigenvalue weighted by Gasteiger charge is -2.46. The first-order chi connectivity index (χ1) is 39.6. The van der Waals surface area contributed by atoms with Gasteiger partial charge in [-0.25, -0.2) is 0 Å². The Morgan fingerprint density at radius 3 is 1.28 bits per heavy atom. The lowest BCUT2D eigenvalue weighted by Crippen LogP contribution is -2.65. The first-order valence-electron chi connectivity index (χ1n) is 33.0. The van der Waals surface area contributed by atoms with Gasteiger partial charge in [0.05, 0.1) is 32.0 Å². The van der Waals surface area contributed by atoms with Gasteiger partial charge in [0.25, 0.3) is 0 Å². The van der Waals surface area contributed by atoms with E-state index in [4.69, 9.17) is 18.9 Å². The smallest absolute Gasteiger partial charge is 0.220 e. The maximum absolute atomic E-state index is 13.3. The van der Waals surface area contributed by atoms with Crippen LogP contribution in [0.1, 0.15) is 264 Å². The fourth-order valence-corrected chi connectivity index (χ4v) is 10.6. The minimum Gasteiger partial charge on any atom is -0.394 e. The largest absolute Gasteiger partial charge is 0.394 e. The van der Waals surface area contributed by atoms with Gasteiger partial charge in [-0.2, -0.15) is 0 Å². The second-order valence-electron chi connectivity index (χ2n) is 23.2. The highest BCUT2D eigenvalue weighted by Crippen LogP contribution is 2.30. The molecule has 0 aliphatic carbocycles. The van der Waals surface area contributed by atoms with E-state index in [-0.39, 0.29) is 18.9 Å². The van der Waals surface area contributed by atoms with Crippen molar-refractivity contribution >= 4 is 5.91 Å². The maximum Gasteiger partial charge on any atom is 0.220 e. The molecule has 2 heterocycles. The van der Waals surface area contributed by atoms with E-state index in [0.717, 1.165) is 51.4 Å². The van der Waals surface area contributed by atoms with Gasteiger partial charge >= 0.3 is 0 Å². The fourth-order valence-electron chi connectivity index (χ4n) is 10.6. The topological polar surface area (TPSA) is 228 Å². The van der Waals surface area contributed by atoms with Crippen LogP contribution in [0, 0.1) is 0 Å². The summed E-state index contributed by atoms with van der Waals surface area (Å²) in [6.45, 7) is 2.78. The van der Waals surface area contributed by atoms with Crippen LogP contribution in [0.4, 0.5) is 0 Å². The molecule has 0 aromatic carbocycles. The quantitative estimate of drug-likeness (QED) is 0.0204. The number of carbonyl (C=O) groups is 1. The highest BCUT2D eigenvalue weighted by atomic mass is 16.7. The lowest BCUT2D eigenvalue weighted by molar-refractivity contribution is -0.359. The van der Waals surface area contributed by atoms with Gasteiger partial charge in [-0.1, -0.05) is 242 Å². The first-order valence-corrected chi connectivity index (χ1v) is 33.0. The van der Waals surface area contributed by atoms with Crippen LogP contribution >= 0.6 is 0 Å². The highest BCUT2D eigenvalue weighted by molar-refractivity contribution is 5.76. The Morgan fingerprint density at radius 2 is 0.827 bits per heavy atom. The summed E-state index contributed by atoms with van der Waals surface area (Å²) in [5.41, 5.74) is 0. The van der Waals surface area contributed by atoms with Crippen molar-refractivity contribution in [2.45, 2.75) is 338 Å². The van der Waals surface area contributed by atoms with E-state index >= 15 is 0 Å². The van der Waals surface area contributed by atoms with Gasteiger partial charge in [0.1, 0.15) is 48.8 Å². The van der Waals surface area contributed by atoms with E-state index in [0.29, 0.717) is 12.8 Å². The Balaban J connectivity index is 1.74. The Morgan fingerprint density at radius 1 is 0.444 bits per heavy atom. The molecule has 12 atom stereocenters. The van der Waals surface area contributed by atoms with Crippen molar-refractivity contribution in [3.8, 4) is 0 Å². The van der Waals surface area contributed by atoms with Crippen molar-refractivity contribution in [3.63, 3.8) is 0 Å². The summed E-state index contributed by atoms with van der Waals surface area (Å²) >= 11 is 0. The second-order valence-corrected chi connectivity index (χ2v) is 23.2. The Labute approximate surface area is 492 Å². The summed E-state index contributed by atoms with van der Waals surface area (Å²) in [6, 6.07) is -0.941. The van der Waals surface area contributed by atoms with Gasteiger partial charge in [0.2, 0.25) is 5.91 Å². The normalized spacial score (nSPS) is 24.5. The van der Waals surface area contributed by atoms with Crippen molar-refractivity contribution in [1.82, 2.24) is 5.32 Å². The van der Waals surface area contributed by atoms with Crippen LogP contribution in [0.5, 0.6) is 0 Å². The Kier molecular flexibility index (Phi) is 48.1. The summed E-state index contributed by atoms with van der Waals surface area (Å²) in [4.78, 5) is 13.3. The summed E-state index contributed by atoms with van der Waals surface area (Å²) in [7, 11) is 0. The molecule has 0 radical (unpaired) electrons. The zero-order chi connectivity index (χ0) is 58.8. The number of aliphatic hydroxyl groups excluding tert-OH is 8. The van der Waals surface area contributed by atoms with E-state index in [2.05, 4.69) is 67.8 Å². The summed E-state index contributed by atoms with van der Waals surface area (Å²) in [5, 5.41) is 87.3. The first kappa shape index (κ1) is 74.8. The molecule has 2 aliphatic rings. The third-order valence-corrected chi connectivity index (χ3v) is 15.9. The van der Waals surface area contributed by atoms with Crippen molar-refractivity contribution < 1.29 is 64.6 Å². The fraction of sp³-hybridized carbons (Fsp3) is 0.836. The maximum atomic E-state index is 13.3. The monoisotopic (exact) mass is 1150 g/mol. The SMILES string of the molecule is CCCCCCC/C=C\C/C=C\CCCCCCCCCCCCCCCC(=O)NC(COC1OC(CO)C(OC2OC(CO)C(O)C(O)C2O)C(O)C1O)C(O)/C=C/CC/C=C/CC/C=C/CCCCCCCCCCCCCC. The van der Waals surface area contributed by atoms with Gasteiger partial charge in [0, 0.05) is 6.42 Å². The Bertz CT molecular complexity index is 1590. The Hall–Kier alpha value is -2.31. The molecule has 0 spiro atoms. The number of carbonyl (C=O) groups excluding carboxylic acids is 1. The number of allylic oxidation sites excluding steroid dienone is 9. The molecule has 9 N–H and O–H groups in total. The molecule has 12 unspecified atom stereocenters. The van der Waals surface area contributed by atoms with E-state index in [1.807, 2.05) is 6.08 Å². The molecular weight excluding hydrogens is 1030 g/mol. The van der Waals surface area contributed by atoms with Crippen LogP contribution in [-0.2, 0) is 23.7 Å². The minimum atomic E-state index is -1.79. The zero-order valence-corrected chi connectivity index (χ0v) is 51.0. The molecule has 0 saturated carbocycles. The lowest BCUT2D eigenvalue weighted by atomic mass is 9.97. The average Bonchev–Trinajstić information content (AvgIpc) is 3.47. The number of hydrogen-bond acceptors (Lipinski definition) is 13. The molecule has 0 bridgehead atoms.